The Morgan fingerprint density at radius 1 is 0.881 bits per heavy atom. The molecule has 0 aliphatic carbocycles. The predicted molar refractivity (Wildman–Crippen MR) is 168 cm³/mol. The Labute approximate surface area is 249 Å². The average Bonchev–Trinajstić information content (AvgIpc) is 3.04. The maximum absolute atomic E-state index is 13.7. The number of allylic oxidation sites excluding steroid dienone is 2. The number of ether oxygens (including phenoxy) is 1. The van der Waals surface area contributed by atoms with E-state index in [1.165, 1.54) is 11.8 Å². The highest BCUT2D eigenvalue weighted by Gasteiger charge is 2.35. The zero-order chi connectivity index (χ0) is 29.5. The van der Waals surface area contributed by atoms with Crippen molar-refractivity contribution < 1.29 is 14.3 Å². The van der Waals surface area contributed by atoms with Gasteiger partial charge in [-0.2, -0.15) is 5.26 Å². The first-order valence-corrected chi connectivity index (χ1v) is 14.4. The number of para-hydroxylation sites is 2. The largest absolute Gasteiger partial charge is 0.495 e. The second-order valence-electron chi connectivity index (χ2n) is 9.67. The fourth-order valence-electron chi connectivity index (χ4n) is 4.94. The van der Waals surface area contributed by atoms with E-state index in [-0.39, 0.29) is 17.4 Å². The van der Waals surface area contributed by atoms with Crippen LogP contribution in [-0.2, 0) is 4.79 Å². The molecule has 4 aromatic carbocycles. The third-order valence-corrected chi connectivity index (χ3v) is 8.06. The zero-order valence-electron chi connectivity index (χ0n) is 23.3. The molecule has 1 atom stereocenters. The Bertz CT molecular complexity index is 1710. The molecule has 5 rings (SSSR count). The number of Topliss-reactive ketones (excluding diaryl/α,β-unsaturated/α-hetero) is 1. The van der Waals surface area contributed by atoms with Gasteiger partial charge in [0.05, 0.1) is 41.1 Å². The summed E-state index contributed by atoms with van der Waals surface area (Å²) in [4.78, 5) is 26.9. The second kappa shape index (κ2) is 13.1. The van der Waals surface area contributed by atoms with Crippen molar-refractivity contribution in [2.24, 2.45) is 0 Å². The van der Waals surface area contributed by atoms with Crippen LogP contribution in [0.3, 0.4) is 0 Å². The molecule has 6 nitrogen and oxygen atoms in total. The highest BCUT2D eigenvalue weighted by molar-refractivity contribution is 8.03. The van der Waals surface area contributed by atoms with E-state index in [1.54, 1.807) is 19.2 Å². The molecule has 42 heavy (non-hydrogen) atoms. The topological polar surface area (TPSA) is 91.2 Å². The number of rotatable bonds is 9. The van der Waals surface area contributed by atoms with Crippen LogP contribution in [0.4, 0.5) is 5.69 Å². The van der Waals surface area contributed by atoms with Gasteiger partial charge in [0.25, 0.3) is 5.91 Å². The standard InChI is InChI=1S/C35H29N3O3S/c1-23-32(34(40)38-29-15-9-10-16-31(29)41-2)33(27-13-7-4-8-14-27)28(21-36)35(37-23)42-22-30(39)26-19-17-25(18-20-26)24-11-5-3-6-12-24/h3-20,33,37H,22H2,1-2H3,(H,38,40). The maximum atomic E-state index is 13.7. The summed E-state index contributed by atoms with van der Waals surface area (Å²) in [5, 5.41) is 17.1. The maximum Gasteiger partial charge on any atom is 0.254 e. The number of ketones is 1. The molecule has 1 unspecified atom stereocenters. The van der Waals surface area contributed by atoms with Gasteiger partial charge in [-0.1, -0.05) is 109 Å². The lowest BCUT2D eigenvalue weighted by Gasteiger charge is -2.30. The molecule has 0 radical (unpaired) electrons. The van der Waals surface area contributed by atoms with E-state index in [4.69, 9.17) is 4.74 Å². The van der Waals surface area contributed by atoms with Crippen molar-refractivity contribution in [3.05, 3.63) is 142 Å². The van der Waals surface area contributed by atoms with Gasteiger partial charge in [-0.25, -0.2) is 0 Å². The summed E-state index contributed by atoms with van der Waals surface area (Å²) in [5.74, 6) is -0.342. The van der Waals surface area contributed by atoms with Crippen molar-refractivity contribution in [2.75, 3.05) is 18.2 Å². The van der Waals surface area contributed by atoms with Gasteiger partial charge in [0.15, 0.2) is 5.78 Å². The van der Waals surface area contributed by atoms with Crippen LogP contribution in [0.1, 0.15) is 28.8 Å². The summed E-state index contributed by atoms with van der Waals surface area (Å²) in [5.41, 5.74) is 5.47. The Morgan fingerprint density at radius 3 is 2.17 bits per heavy atom. The van der Waals surface area contributed by atoms with Crippen LogP contribution in [0.2, 0.25) is 0 Å². The van der Waals surface area contributed by atoms with E-state index in [1.807, 2.05) is 104 Å². The SMILES string of the molecule is COc1ccccc1NC(=O)C1=C(C)NC(SCC(=O)c2ccc(-c3ccccc3)cc2)=C(C#N)C1c1ccccc1. The molecule has 0 aromatic heterocycles. The van der Waals surface area contributed by atoms with Crippen molar-refractivity contribution in [2.45, 2.75) is 12.8 Å². The highest BCUT2D eigenvalue weighted by Crippen LogP contribution is 2.41. The van der Waals surface area contributed by atoms with Gasteiger partial charge in [0, 0.05) is 16.8 Å². The van der Waals surface area contributed by atoms with Gasteiger partial charge < -0.3 is 15.4 Å². The molecule has 208 valence electrons. The summed E-state index contributed by atoms with van der Waals surface area (Å²) < 4.78 is 5.41. The first-order chi connectivity index (χ1) is 20.5. The highest BCUT2D eigenvalue weighted by atomic mass is 32.2. The van der Waals surface area contributed by atoms with Crippen LogP contribution < -0.4 is 15.4 Å². The number of thioether (sulfide) groups is 1. The smallest absolute Gasteiger partial charge is 0.254 e. The summed E-state index contributed by atoms with van der Waals surface area (Å²) in [6.07, 6.45) is 0. The van der Waals surface area contributed by atoms with Crippen molar-refractivity contribution >= 4 is 29.1 Å². The van der Waals surface area contributed by atoms with Crippen molar-refractivity contribution in [3.63, 3.8) is 0 Å². The lowest BCUT2D eigenvalue weighted by molar-refractivity contribution is -0.113. The Hall–Kier alpha value is -5.06. The minimum absolute atomic E-state index is 0.0520. The van der Waals surface area contributed by atoms with Crippen LogP contribution >= 0.6 is 11.8 Å². The number of benzene rings is 4. The van der Waals surface area contributed by atoms with Gasteiger partial charge in [-0.3, -0.25) is 9.59 Å². The zero-order valence-corrected chi connectivity index (χ0v) is 24.1. The van der Waals surface area contributed by atoms with Crippen LogP contribution in [0.15, 0.2) is 131 Å². The van der Waals surface area contributed by atoms with Crippen LogP contribution in [-0.4, -0.2) is 24.6 Å². The van der Waals surface area contributed by atoms with Crippen molar-refractivity contribution in [3.8, 4) is 22.9 Å². The second-order valence-corrected chi connectivity index (χ2v) is 10.7. The van der Waals surface area contributed by atoms with E-state index in [0.717, 1.165) is 16.7 Å². The molecule has 1 aliphatic rings. The molecule has 0 saturated heterocycles. The molecule has 0 spiro atoms. The lowest BCUT2D eigenvalue weighted by atomic mass is 9.82. The van der Waals surface area contributed by atoms with Gasteiger partial charge in [-0.05, 0) is 35.7 Å². The van der Waals surface area contributed by atoms with Crippen LogP contribution in [0, 0.1) is 11.3 Å². The Morgan fingerprint density at radius 2 is 1.50 bits per heavy atom. The third kappa shape index (κ3) is 6.14. The normalized spacial score (nSPS) is 14.5. The summed E-state index contributed by atoms with van der Waals surface area (Å²) in [7, 11) is 1.55. The van der Waals surface area contributed by atoms with Gasteiger partial charge in [-0.15, -0.1) is 0 Å². The first-order valence-electron chi connectivity index (χ1n) is 13.4. The number of methoxy groups -OCH3 is 1. The molecule has 0 fully saturated rings. The van der Waals surface area contributed by atoms with E-state index in [9.17, 15) is 14.9 Å². The number of carbonyl (C=O) groups is 2. The van der Waals surface area contributed by atoms with E-state index >= 15 is 0 Å². The molecule has 0 saturated carbocycles. The Balaban J connectivity index is 1.40. The number of hydrogen-bond acceptors (Lipinski definition) is 6. The number of dihydropyridines is 1. The van der Waals surface area contributed by atoms with Gasteiger partial charge in [0.2, 0.25) is 0 Å². The summed E-state index contributed by atoms with van der Waals surface area (Å²) in [6, 6.07) is 36.5. The number of carbonyl (C=O) groups excluding carboxylic acids is 2. The van der Waals surface area contributed by atoms with Crippen molar-refractivity contribution in [1.82, 2.24) is 5.32 Å². The minimum Gasteiger partial charge on any atom is -0.495 e. The van der Waals surface area contributed by atoms with Crippen LogP contribution in [0.5, 0.6) is 5.75 Å². The number of amides is 1. The first kappa shape index (κ1) is 28.5. The molecule has 4 aromatic rings. The van der Waals surface area contributed by atoms with Crippen molar-refractivity contribution in [1.29, 1.82) is 5.26 Å². The fourth-order valence-corrected chi connectivity index (χ4v) is 5.93. The Kier molecular flexibility index (Phi) is 8.86. The summed E-state index contributed by atoms with van der Waals surface area (Å²) in [6.45, 7) is 1.81. The fraction of sp³-hybridized carbons (Fsp3) is 0.114. The molecule has 0 bridgehead atoms. The monoisotopic (exact) mass is 571 g/mol. The molecule has 1 heterocycles. The molecule has 1 amide bonds. The number of nitrogens with zero attached hydrogens (tertiary/aromatic N) is 1. The van der Waals surface area contributed by atoms with Gasteiger partial charge in [0.1, 0.15) is 5.75 Å². The van der Waals surface area contributed by atoms with Gasteiger partial charge >= 0.3 is 0 Å². The van der Waals surface area contributed by atoms with Crippen LogP contribution in [0.25, 0.3) is 11.1 Å². The molecular formula is C35H29N3O3S. The predicted octanol–water partition coefficient (Wildman–Crippen LogP) is 7.31. The number of hydrogen-bond donors (Lipinski definition) is 2. The van der Waals surface area contributed by atoms with E-state index in [0.29, 0.717) is 38.9 Å². The molecule has 7 heteroatoms. The molecule has 2 N–H and O–H groups in total. The van der Waals surface area contributed by atoms with E-state index in [2.05, 4.69) is 16.7 Å². The summed E-state index contributed by atoms with van der Waals surface area (Å²) >= 11 is 1.27. The number of nitrogens with one attached hydrogen (secondary N) is 2. The third-order valence-electron chi connectivity index (χ3n) is 7.04. The molecular weight excluding hydrogens is 542 g/mol. The molecule has 1 aliphatic heterocycles. The number of anilines is 1. The number of nitriles is 1. The average molecular weight is 572 g/mol. The quantitative estimate of drug-likeness (QED) is 0.205. The lowest BCUT2D eigenvalue weighted by Crippen LogP contribution is -2.31. The minimum atomic E-state index is -0.616. The van der Waals surface area contributed by atoms with E-state index < -0.39 is 5.92 Å².